The summed E-state index contributed by atoms with van der Waals surface area (Å²) in [5, 5.41) is 4.08. The fourth-order valence-corrected chi connectivity index (χ4v) is 3.65. The van der Waals surface area contributed by atoms with E-state index in [2.05, 4.69) is 69.1 Å². The second-order valence-corrected chi connectivity index (χ2v) is 9.43. The molecule has 2 aromatic carbocycles. The summed E-state index contributed by atoms with van der Waals surface area (Å²) in [4.78, 5) is 7.31. The fraction of sp³-hybridized carbons (Fsp3) is 0.417. The highest BCUT2D eigenvalue weighted by Crippen LogP contribution is 2.29. The molecule has 154 valence electrons. The van der Waals surface area contributed by atoms with Gasteiger partial charge in [-0.05, 0) is 49.2 Å². The minimum Gasteiger partial charge on any atom is -0.491 e. The van der Waals surface area contributed by atoms with Crippen LogP contribution in [0.4, 0.5) is 0 Å². The molecule has 1 aliphatic rings. The van der Waals surface area contributed by atoms with Gasteiger partial charge in [-0.3, -0.25) is 4.99 Å². The summed E-state index contributed by atoms with van der Waals surface area (Å²) in [6.45, 7) is 12.2. The van der Waals surface area contributed by atoms with Crippen molar-refractivity contribution in [3.63, 3.8) is 0 Å². The highest BCUT2D eigenvalue weighted by Gasteiger charge is 2.42. The summed E-state index contributed by atoms with van der Waals surface area (Å²) in [5.74, 6) is 1.76. The van der Waals surface area contributed by atoms with E-state index >= 15 is 0 Å². The largest absolute Gasteiger partial charge is 0.491 e. The smallest absolute Gasteiger partial charge is 0.175 e. The molecule has 4 nitrogen and oxygen atoms in total. The van der Waals surface area contributed by atoms with E-state index in [1.54, 1.807) is 0 Å². The Kier molecular flexibility index (Phi) is 6.27. The van der Waals surface area contributed by atoms with Crippen LogP contribution in [0, 0.1) is 5.41 Å². The molecule has 1 saturated heterocycles. The first-order chi connectivity index (χ1) is 13.7. The average Bonchev–Trinajstić information content (AvgIpc) is 2.88. The molecule has 1 atom stereocenters. The molecule has 5 heteroatoms. The maximum absolute atomic E-state index is 6.04. The first kappa shape index (κ1) is 21.3. The minimum absolute atomic E-state index is 0.0102. The third-order valence-electron chi connectivity index (χ3n) is 5.34. The Bertz CT molecular complexity index is 857. The molecule has 1 fully saturated rings. The maximum Gasteiger partial charge on any atom is 0.175 e. The number of thiocarbonyl (C=S) groups is 1. The molecular formula is C24H31N3OS. The SMILES string of the molecule is CC(C)(C)[C@H](COc1ccccc1)N=C1NC(=S)N(Cc2ccccc2)C1(C)C. The highest BCUT2D eigenvalue weighted by molar-refractivity contribution is 7.80. The number of nitrogens with one attached hydrogen (secondary N) is 1. The number of amidine groups is 1. The van der Waals surface area contributed by atoms with Crippen molar-refractivity contribution in [1.82, 2.24) is 10.2 Å². The molecule has 2 aromatic rings. The third kappa shape index (κ3) is 5.15. The topological polar surface area (TPSA) is 36.9 Å². The lowest BCUT2D eigenvalue weighted by Crippen LogP contribution is -2.45. The van der Waals surface area contributed by atoms with Gasteiger partial charge >= 0.3 is 0 Å². The average molecular weight is 410 g/mol. The van der Waals surface area contributed by atoms with Gasteiger partial charge in [-0.15, -0.1) is 0 Å². The molecule has 1 heterocycles. The van der Waals surface area contributed by atoms with Gasteiger partial charge in [0, 0.05) is 6.54 Å². The molecule has 0 spiro atoms. The molecule has 0 aliphatic carbocycles. The summed E-state index contributed by atoms with van der Waals surface area (Å²) in [6, 6.07) is 20.3. The molecule has 1 N–H and O–H groups in total. The molecule has 0 unspecified atom stereocenters. The number of ether oxygens (including phenoxy) is 1. The monoisotopic (exact) mass is 409 g/mol. The molecule has 3 rings (SSSR count). The number of hydrogen-bond donors (Lipinski definition) is 1. The summed E-state index contributed by atoms with van der Waals surface area (Å²) in [7, 11) is 0. The Morgan fingerprint density at radius 3 is 2.21 bits per heavy atom. The lowest BCUT2D eigenvalue weighted by molar-refractivity contribution is 0.205. The Morgan fingerprint density at radius 2 is 1.62 bits per heavy atom. The quantitative estimate of drug-likeness (QED) is 0.678. The summed E-state index contributed by atoms with van der Waals surface area (Å²) >= 11 is 5.66. The van der Waals surface area contributed by atoms with Crippen LogP contribution in [-0.4, -0.2) is 34.0 Å². The van der Waals surface area contributed by atoms with E-state index in [4.69, 9.17) is 21.9 Å². The van der Waals surface area contributed by atoms with Crippen LogP contribution in [0.25, 0.3) is 0 Å². The van der Waals surface area contributed by atoms with Crippen LogP contribution in [0.3, 0.4) is 0 Å². The van der Waals surface area contributed by atoms with Crippen molar-refractivity contribution in [2.75, 3.05) is 6.61 Å². The van der Waals surface area contributed by atoms with Crippen molar-refractivity contribution < 1.29 is 4.74 Å². The predicted molar refractivity (Wildman–Crippen MR) is 124 cm³/mol. The second-order valence-electron chi connectivity index (χ2n) is 9.04. The fourth-order valence-electron chi connectivity index (χ4n) is 3.26. The van der Waals surface area contributed by atoms with Gasteiger partial charge in [0.2, 0.25) is 0 Å². The standard InChI is InChI=1S/C24H31N3OS/c1-23(2,3)20(17-28-19-14-10-7-11-15-19)25-21-24(4,5)27(22(29)26-21)16-18-12-8-6-9-13-18/h6-15,20H,16-17H2,1-5H3,(H,25,26,29)/t20-/m0/s1. The van der Waals surface area contributed by atoms with Crippen molar-refractivity contribution in [1.29, 1.82) is 0 Å². The molecule has 0 aromatic heterocycles. The second kappa shape index (κ2) is 8.54. The molecule has 0 bridgehead atoms. The van der Waals surface area contributed by atoms with Gasteiger partial charge in [0.15, 0.2) is 5.11 Å². The molecular weight excluding hydrogens is 378 g/mol. The third-order valence-corrected chi connectivity index (χ3v) is 5.67. The molecule has 0 saturated carbocycles. The zero-order valence-corrected chi connectivity index (χ0v) is 18.8. The number of benzene rings is 2. The highest BCUT2D eigenvalue weighted by atomic mass is 32.1. The van der Waals surface area contributed by atoms with Crippen LogP contribution in [0.5, 0.6) is 5.75 Å². The Hall–Kier alpha value is -2.40. The van der Waals surface area contributed by atoms with Gasteiger partial charge in [-0.25, -0.2) is 0 Å². The van der Waals surface area contributed by atoms with Crippen molar-refractivity contribution in [3.8, 4) is 5.75 Å². The van der Waals surface area contributed by atoms with E-state index in [0.717, 1.165) is 18.1 Å². The molecule has 1 aliphatic heterocycles. The zero-order chi connectivity index (χ0) is 21.1. The normalized spacial score (nSPS) is 18.6. The number of rotatable bonds is 6. The zero-order valence-electron chi connectivity index (χ0n) is 18.0. The van der Waals surface area contributed by atoms with Gasteiger partial charge < -0.3 is 15.0 Å². The minimum atomic E-state index is -0.316. The van der Waals surface area contributed by atoms with Crippen molar-refractivity contribution >= 4 is 23.2 Å². The molecule has 0 amide bonds. The van der Waals surface area contributed by atoms with E-state index < -0.39 is 0 Å². The summed E-state index contributed by atoms with van der Waals surface area (Å²) < 4.78 is 6.04. The van der Waals surface area contributed by atoms with Crippen LogP contribution in [0.15, 0.2) is 65.7 Å². The maximum atomic E-state index is 6.04. The Balaban J connectivity index is 1.80. The number of nitrogens with zero attached hydrogens (tertiary/aromatic N) is 2. The van der Waals surface area contributed by atoms with Crippen LogP contribution in [0.2, 0.25) is 0 Å². The van der Waals surface area contributed by atoms with E-state index in [0.29, 0.717) is 11.7 Å². The Morgan fingerprint density at radius 1 is 1.03 bits per heavy atom. The van der Waals surface area contributed by atoms with Crippen LogP contribution in [-0.2, 0) is 6.54 Å². The first-order valence-corrected chi connectivity index (χ1v) is 10.5. The lowest BCUT2D eigenvalue weighted by Gasteiger charge is -2.33. The molecule has 29 heavy (non-hydrogen) atoms. The number of aliphatic imine (C=N–C) groups is 1. The van der Waals surface area contributed by atoms with Gasteiger partial charge in [-0.1, -0.05) is 69.3 Å². The molecule has 0 radical (unpaired) electrons. The first-order valence-electron chi connectivity index (χ1n) is 10.1. The lowest BCUT2D eigenvalue weighted by atomic mass is 9.87. The predicted octanol–water partition coefficient (Wildman–Crippen LogP) is 5.05. The van der Waals surface area contributed by atoms with E-state index in [9.17, 15) is 0 Å². The van der Waals surface area contributed by atoms with Gasteiger partial charge in [0.25, 0.3) is 0 Å². The van der Waals surface area contributed by atoms with Crippen molar-refractivity contribution in [2.24, 2.45) is 10.4 Å². The summed E-state index contributed by atoms with van der Waals surface area (Å²) in [5.41, 5.74) is 0.864. The van der Waals surface area contributed by atoms with Crippen molar-refractivity contribution in [3.05, 3.63) is 66.2 Å². The van der Waals surface area contributed by atoms with E-state index in [1.165, 1.54) is 5.56 Å². The van der Waals surface area contributed by atoms with Crippen LogP contribution >= 0.6 is 12.2 Å². The van der Waals surface area contributed by atoms with Gasteiger partial charge in [-0.2, -0.15) is 0 Å². The summed E-state index contributed by atoms with van der Waals surface area (Å²) in [6.07, 6.45) is 0. The van der Waals surface area contributed by atoms with Gasteiger partial charge in [0.05, 0.1) is 11.6 Å². The van der Waals surface area contributed by atoms with Gasteiger partial charge in [0.1, 0.15) is 18.2 Å². The van der Waals surface area contributed by atoms with E-state index in [-0.39, 0.29) is 17.0 Å². The van der Waals surface area contributed by atoms with Crippen LogP contribution in [0.1, 0.15) is 40.2 Å². The number of hydrogen-bond acceptors (Lipinski definition) is 3. The van der Waals surface area contributed by atoms with E-state index in [1.807, 2.05) is 36.4 Å². The van der Waals surface area contributed by atoms with Crippen molar-refractivity contribution in [2.45, 2.75) is 52.7 Å². The number of para-hydroxylation sites is 1. The van der Waals surface area contributed by atoms with Crippen LogP contribution < -0.4 is 10.1 Å². The Labute approximate surface area is 180 Å².